The van der Waals surface area contributed by atoms with E-state index in [1.165, 1.54) is 0 Å². The van der Waals surface area contributed by atoms with Crippen LogP contribution in [0.5, 0.6) is 5.75 Å². The highest BCUT2D eigenvalue weighted by Crippen LogP contribution is 2.14. The Bertz CT molecular complexity index is 410. The first kappa shape index (κ1) is 11.8. The Kier molecular flexibility index (Phi) is 4.08. The van der Waals surface area contributed by atoms with Crippen molar-refractivity contribution in [2.24, 2.45) is 5.73 Å². The highest BCUT2D eigenvalue weighted by atomic mass is 16.5. The van der Waals surface area contributed by atoms with Gasteiger partial charge in [0.15, 0.2) is 0 Å². The van der Waals surface area contributed by atoms with Crippen LogP contribution in [0, 0.1) is 0 Å². The lowest BCUT2D eigenvalue weighted by atomic mass is 10.3. The summed E-state index contributed by atoms with van der Waals surface area (Å²) in [4.78, 5) is 21.6. The predicted molar refractivity (Wildman–Crippen MR) is 60.0 cm³/mol. The van der Waals surface area contributed by atoms with E-state index in [0.717, 1.165) is 12.2 Å². The summed E-state index contributed by atoms with van der Waals surface area (Å²) >= 11 is 0. The molecule has 84 valence electrons. The fourth-order valence-corrected chi connectivity index (χ4v) is 1.02. The van der Waals surface area contributed by atoms with Gasteiger partial charge in [0, 0.05) is 17.8 Å². The van der Waals surface area contributed by atoms with Gasteiger partial charge >= 0.3 is 0 Å². The molecule has 0 aromatic heterocycles. The maximum absolute atomic E-state index is 11.2. The summed E-state index contributed by atoms with van der Waals surface area (Å²) in [5.74, 6) is -0.375. The lowest BCUT2D eigenvalue weighted by molar-refractivity contribution is -0.115. The van der Waals surface area contributed by atoms with Crippen molar-refractivity contribution in [2.75, 3.05) is 12.4 Å². The minimum Gasteiger partial charge on any atom is -0.497 e. The Balaban J connectivity index is 2.59. The molecule has 0 heterocycles. The second-order valence-corrected chi connectivity index (χ2v) is 2.95. The largest absolute Gasteiger partial charge is 0.497 e. The molecule has 0 aliphatic heterocycles. The molecule has 1 aromatic carbocycles. The van der Waals surface area contributed by atoms with E-state index in [1.807, 2.05) is 0 Å². The average molecular weight is 220 g/mol. The number of nitrogens with one attached hydrogen (secondary N) is 1. The quantitative estimate of drug-likeness (QED) is 0.732. The van der Waals surface area contributed by atoms with Gasteiger partial charge in [-0.25, -0.2) is 0 Å². The third kappa shape index (κ3) is 3.83. The SMILES string of the molecule is COc1ccc(NC(=O)/C=C\C(N)=O)cc1. The van der Waals surface area contributed by atoms with Crippen LogP contribution in [0.1, 0.15) is 0 Å². The molecular formula is C11H12N2O3. The molecule has 5 heteroatoms. The molecule has 0 saturated carbocycles. The Morgan fingerprint density at radius 3 is 2.38 bits per heavy atom. The summed E-state index contributed by atoms with van der Waals surface area (Å²) < 4.78 is 4.97. The second-order valence-electron chi connectivity index (χ2n) is 2.95. The number of benzene rings is 1. The van der Waals surface area contributed by atoms with Crippen LogP contribution in [-0.2, 0) is 9.59 Å². The van der Waals surface area contributed by atoms with Crippen molar-refractivity contribution in [3.05, 3.63) is 36.4 Å². The monoisotopic (exact) mass is 220 g/mol. The summed E-state index contributed by atoms with van der Waals surface area (Å²) in [6.45, 7) is 0. The Hall–Kier alpha value is -2.30. The minimum atomic E-state index is -0.662. The van der Waals surface area contributed by atoms with Crippen LogP contribution in [0.2, 0.25) is 0 Å². The highest BCUT2D eigenvalue weighted by Gasteiger charge is 1.98. The Labute approximate surface area is 92.9 Å². The van der Waals surface area contributed by atoms with Crippen LogP contribution in [0.3, 0.4) is 0 Å². The predicted octanol–water partition coefficient (Wildman–Crippen LogP) is 0.675. The van der Waals surface area contributed by atoms with Gasteiger partial charge in [-0.15, -0.1) is 0 Å². The number of methoxy groups -OCH3 is 1. The van der Waals surface area contributed by atoms with Crippen molar-refractivity contribution in [3.8, 4) is 5.75 Å². The molecule has 1 rings (SSSR count). The van der Waals surface area contributed by atoms with E-state index in [9.17, 15) is 9.59 Å². The third-order valence-corrected chi connectivity index (χ3v) is 1.76. The molecule has 0 fully saturated rings. The summed E-state index contributed by atoms with van der Waals surface area (Å²) in [6, 6.07) is 6.81. The van der Waals surface area contributed by atoms with Crippen LogP contribution in [0.15, 0.2) is 36.4 Å². The number of nitrogens with two attached hydrogens (primary N) is 1. The number of rotatable bonds is 4. The van der Waals surface area contributed by atoms with Crippen LogP contribution in [-0.4, -0.2) is 18.9 Å². The molecule has 16 heavy (non-hydrogen) atoms. The number of hydrogen-bond donors (Lipinski definition) is 2. The molecule has 0 atom stereocenters. The van der Waals surface area contributed by atoms with Gasteiger partial charge in [0.2, 0.25) is 11.8 Å². The van der Waals surface area contributed by atoms with E-state index in [2.05, 4.69) is 5.32 Å². The van der Waals surface area contributed by atoms with Crippen molar-refractivity contribution in [1.29, 1.82) is 0 Å². The third-order valence-electron chi connectivity index (χ3n) is 1.76. The lowest BCUT2D eigenvalue weighted by Gasteiger charge is -2.03. The number of primary amides is 1. The van der Waals surface area contributed by atoms with Crippen molar-refractivity contribution in [3.63, 3.8) is 0 Å². The number of hydrogen-bond acceptors (Lipinski definition) is 3. The molecule has 2 amide bonds. The van der Waals surface area contributed by atoms with Gasteiger partial charge < -0.3 is 15.8 Å². The fraction of sp³-hybridized carbons (Fsp3) is 0.0909. The van der Waals surface area contributed by atoms with Gasteiger partial charge in [0.05, 0.1) is 7.11 Å². The maximum Gasteiger partial charge on any atom is 0.248 e. The van der Waals surface area contributed by atoms with Gasteiger partial charge in [-0.3, -0.25) is 9.59 Å². The van der Waals surface area contributed by atoms with E-state index >= 15 is 0 Å². The Morgan fingerprint density at radius 2 is 1.88 bits per heavy atom. The standard InChI is InChI=1S/C11H12N2O3/c1-16-9-4-2-8(3-5-9)13-11(15)7-6-10(12)14/h2-7H,1H3,(H2,12,14)(H,13,15)/b7-6-. The fourth-order valence-electron chi connectivity index (χ4n) is 1.02. The molecule has 0 aliphatic carbocycles. The first-order chi connectivity index (χ1) is 7.61. The first-order valence-corrected chi connectivity index (χ1v) is 4.54. The van der Waals surface area contributed by atoms with Gasteiger partial charge in [0.25, 0.3) is 0 Å². The summed E-state index contributed by atoms with van der Waals surface area (Å²) in [5, 5.41) is 2.56. The maximum atomic E-state index is 11.2. The van der Waals surface area contributed by atoms with E-state index in [0.29, 0.717) is 11.4 Å². The molecular weight excluding hydrogens is 208 g/mol. The first-order valence-electron chi connectivity index (χ1n) is 4.54. The number of carbonyl (C=O) groups is 2. The van der Waals surface area contributed by atoms with Crippen LogP contribution < -0.4 is 15.8 Å². The van der Waals surface area contributed by atoms with E-state index in [4.69, 9.17) is 10.5 Å². The highest BCUT2D eigenvalue weighted by molar-refractivity contribution is 6.03. The number of ether oxygens (including phenoxy) is 1. The van der Waals surface area contributed by atoms with Crippen molar-refractivity contribution < 1.29 is 14.3 Å². The molecule has 1 aromatic rings. The number of anilines is 1. The van der Waals surface area contributed by atoms with E-state index < -0.39 is 11.8 Å². The molecule has 0 radical (unpaired) electrons. The van der Waals surface area contributed by atoms with Crippen LogP contribution >= 0.6 is 0 Å². The zero-order valence-electron chi connectivity index (χ0n) is 8.77. The zero-order valence-corrected chi connectivity index (χ0v) is 8.77. The molecule has 0 saturated heterocycles. The number of carbonyl (C=O) groups excluding carboxylic acids is 2. The van der Waals surface area contributed by atoms with Crippen LogP contribution in [0.25, 0.3) is 0 Å². The van der Waals surface area contributed by atoms with Gasteiger partial charge in [0.1, 0.15) is 5.75 Å². The van der Waals surface area contributed by atoms with Gasteiger partial charge in [-0.2, -0.15) is 0 Å². The zero-order chi connectivity index (χ0) is 12.0. The second kappa shape index (κ2) is 5.55. The summed E-state index contributed by atoms with van der Waals surface area (Å²) in [6.07, 6.45) is 2.07. The number of amides is 2. The van der Waals surface area contributed by atoms with Gasteiger partial charge in [-0.05, 0) is 24.3 Å². The normalized spacial score (nSPS) is 10.1. The smallest absolute Gasteiger partial charge is 0.248 e. The minimum absolute atomic E-state index is 0.413. The average Bonchev–Trinajstić information content (AvgIpc) is 2.27. The summed E-state index contributed by atoms with van der Waals surface area (Å²) in [5.41, 5.74) is 5.46. The van der Waals surface area contributed by atoms with E-state index in [-0.39, 0.29) is 0 Å². The summed E-state index contributed by atoms with van der Waals surface area (Å²) in [7, 11) is 1.56. The molecule has 3 N–H and O–H groups in total. The Morgan fingerprint density at radius 1 is 1.25 bits per heavy atom. The van der Waals surface area contributed by atoms with Crippen molar-refractivity contribution in [2.45, 2.75) is 0 Å². The molecule has 0 aliphatic rings. The molecule has 5 nitrogen and oxygen atoms in total. The van der Waals surface area contributed by atoms with Crippen molar-refractivity contribution in [1.82, 2.24) is 0 Å². The van der Waals surface area contributed by atoms with Gasteiger partial charge in [-0.1, -0.05) is 0 Å². The molecule has 0 unspecified atom stereocenters. The topological polar surface area (TPSA) is 81.4 Å². The van der Waals surface area contributed by atoms with E-state index in [1.54, 1.807) is 31.4 Å². The molecule has 0 bridgehead atoms. The van der Waals surface area contributed by atoms with Crippen molar-refractivity contribution >= 4 is 17.5 Å². The van der Waals surface area contributed by atoms with Crippen LogP contribution in [0.4, 0.5) is 5.69 Å². The lowest BCUT2D eigenvalue weighted by Crippen LogP contribution is -2.11. The molecule has 0 spiro atoms.